The number of hydrogen-bond acceptors (Lipinski definition) is 6. The average Bonchev–Trinajstić information content (AvgIpc) is 2.67. The number of phenols is 2. The molecular weight excluding hydrogens is 372 g/mol. The van der Waals surface area contributed by atoms with E-state index in [1.165, 1.54) is 0 Å². The van der Waals surface area contributed by atoms with E-state index in [1.807, 2.05) is 19.9 Å². The van der Waals surface area contributed by atoms with Crippen LogP contribution in [0.3, 0.4) is 0 Å². The number of carbonyl (C=O) groups excluding carboxylic acids is 3. The first-order valence-corrected chi connectivity index (χ1v) is 9.94. The summed E-state index contributed by atoms with van der Waals surface area (Å²) in [5, 5.41) is 20.1. The van der Waals surface area contributed by atoms with Crippen LogP contribution >= 0.6 is 0 Å². The molecular formula is C23H28O6. The van der Waals surface area contributed by atoms with Crippen molar-refractivity contribution in [1.29, 1.82) is 0 Å². The lowest BCUT2D eigenvalue weighted by Crippen LogP contribution is -2.29. The quantitative estimate of drug-likeness (QED) is 0.271. The summed E-state index contributed by atoms with van der Waals surface area (Å²) in [7, 11) is 0. The Kier molecular flexibility index (Phi) is 7.76. The molecule has 1 aromatic rings. The molecule has 6 nitrogen and oxygen atoms in total. The number of esters is 1. The van der Waals surface area contributed by atoms with Gasteiger partial charge in [0.1, 0.15) is 17.6 Å². The van der Waals surface area contributed by atoms with Crippen molar-refractivity contribution >= 4 is 17.5 Å². The minimum atomic E-state index is -0.935. The number of rotatable bonds is 9. The van der Waals surface area contributed by atoms with Gasteiger partial charge in [0.2, 0.25) is 0 Å². The van der Waals surface area contributed by atoms with Crippen LogP contribution in [0.4, 0.5) is 0 Å². The van der Waals surface area contributed by atoms with Crippen LogP contribution in [-0.2, 0) is 9.53 Å². The molecule has 0 radical (unpaired) electrons. The normalized spacial score (nSPS) is 14.1. The maximum absolute atomic E-state index is 13.0. The number of benzene rings is 1. The van der Waals surface area contributed by atoms with E-state index < -0.39 is 29.4 Å². The molecule has 2 N–H and O–H groups in total. The maximum atomic E-state index is 13.0. The number of phenolic OH excluding ortho intramolecular Hbond substituents is 2. The van der Waals surface area contributed by atoms with Crippen molar-refractivity contribution in [2.24, 2.45) is 0 Å². The van der Waals surface area contributed by atoms with E-state index in [-0.39, 0.29) is 35.3 Å². The summed E-state index contributed by atoms with van der Waals surface area (Å²) in [4.78, 5) is 37.8. The Hall–Kier alpha value is -2.89. The van der Waals surface area contributed by atoms with Gasteiger partial charge < -0.3 is 14.9 Å². The molecule has 1 aliphatic carbocycles. The van der Waals surface area contributed by atoms with Gasteiger partial charge in [-0.2, -0.15) is 0 Å². The molecule has 0 heterocycles. The SMILES string of the molecule is CCCCCCC(=O)O[C@H](CC=C(C)C)C1=CC(=O)c2c(O)ccc(O)c2C1=O. The molecule has 6 heteroatoms. The first-order valence-electron chi connectivity index (χ1n) is 9.94. The highest BCUT2D eigenvalue weighted by atomic mass is 16.5. The molecule has 29 heavy (non-hydrogen) atoms. The summed E-state index contributed by atoms with van der Waals surface area (Å²) < 4.78 is 5.56. The van der Waals surface area contributed by atoms with Crippen LogP contribution in [0.15, 0.2) is 35.4 Å². The summed E-state index contributed by atoms with van der Waals surface area (Å²) in [5.41, 5.74) is 0.493. The first kappa shape index (κ1) is 22.4. The van der Waals surface area contributed by atoms with Gasteiger partial charge in [0.15, 0.2) is 11.6 Å². The van der Waals surface area contributed by atoms with E-state index in [0.29, 0.717) is 6.42 Å². The van der Waals surface area contributed by atoms with E-state index in [1.54, 1.807) is 0 Å². The van der Waals surface area contributed by atoms with Crippen LogP contribution < -0.4 is 0 Å². The molecule has 0 aliphatic heterocycles. The number of hydrogen-bond donors (Lipinski definition) is 2. The second kappa shape index (κ2) is 10.0. The smallest absolute Gasteiger partial charge is 0.306 e. The van der Waals surface area contributed by atoms with Gasteiger partial charge in [-0.3, -0.25) is 14.4 Å². The number of unbranched alkanes of at least 4 members (excludes halogenated alkanes) is 3. The predicted molar refractivity (Wildman–Crippen MR) is 109 cm³/mol. The highest BCUT2D eigenvalue weighted by Gasteiger charge is 2.35. The van der Waals surface area contributed by atoms with Crippen LogP contribution in [0.1, 0.15) is 80.0 Å². The topological polar surface area (TPSA) is 101 Å². The summed E-state index contributed by atoms with van der Waals surface area (Å²) in [5.74, 6) is -2.43. The average molecular weight is 400 g/mol. The fourth-order valence-corrected chi connectivity index (χ4v) is 3.22. The van der Waals surface area contributed by atoms with Crippen LogP contribution in [0.5, 0.6) is 11.5 Å². The highest BCUT2D eigenvalue weighted by Crippen LogP contribution is 2.36. The van der Waals surface area contributed by atoms with Crippen LogP contribution in [-0.4, -0.2) is 33.9 Å². The van der Waals surface area contributed by atoms with Crippen molar-refractivity contribution in [2.75, 3.05) is 0 Å². The van der Waals surface area contributed by atoms with Gasteiger partial charge >= 0.3 is 5.97 Å². The Balaban J connectivity index is 2.30. The van der Waals surface area contributed by atoms with Crippen molar-refractivity contribution in [3.63, 3.8) is 0 Å². The van der Waals surface area contributed by atoms with Gasteiger partial charge in [0.25, 0.3) is 0 Å². The zero-order valence-electron chi connectivity index (χ0n) is 17.2. The third kappa shape index (κ3) is 5.56. The third-order valence-corrected chi connectivity index (χ3v) is 4.78. The largest absolute Gasteiger partial charge is 0.507 e. The Morgan fingerprint density at radius 3 is 2.34 bits per heavy atom. The summed E-state index contributed by atoms with van der Waals surface area (Å²) in [6.07, 6.45) is 6.17. The molecule has 1 aromatic carbocycles. The van der Waals surface area contributed by atoms with Crippen molar-refractivity contribution in [1.82, 2.24) is 0 Å². The standard InChI is InChI=1S/C23H28O6/c1-4-5-6-7-8-20(27)29-19(12-9-14(2)3)15-13-18(26)21-16(24)10-11-17(25)22(21)23(15)28/h9-11,13,19,24-25H,4-8,12H2,1-3H3/t19-/m1/s1. The zero-order chi connectivity index (χ0) is 21.6. The fourth-order valence-electron chi connectivity index (χ4n) is 3.22. The number of carbonyl (C=O) groups is 3. The number of ketones is 2. The molecule has 156 valence electrons. The van der Waals surface area contributed by atoms with E-state index in [4.69, 9.17) is 4.74 Å². The highest BCUT2D eigenvalue weighted by molar-refractivity contribution is 6.27. The Bertz CT molecular complexity index is 858. The molecule has 1 aliphatic rings. The molecule has 1 atom stereocenters. The Morgan fingerprint density at radius 1 is 1.07 bits per heavy atom. The Labute approximate surface area is 170 Å². The second-order valence-corrected chi connectivity index (χ2v) is 7.45. The molecule has 0 unspecified atom stereocenters. The van der Waals surface area contributed by atoms with E-state index in [9.17, 15) is 24.6 Å². The summed E-state index contributed by atoms with van der Waals surface area (Å²) in [6, 6.07) is 2.32. The summed E-state index contributed by atoms with van der Waals surface area (Å²) in [6.45, 7) is 5.84. The maximum Gasteiger partial charge on any atom is 0.306 e. The van der Waals surface area contributed by atoms with Crippen LogP contribution in [0, 0.1) is 0 Å². The molecule has 0 saturated carbocycles. The number of allylic oxidation sites excluding steroid dienone is 2. The molecule has 0 fully saturated rings. The third-order valence-electron chi connectivity index (χ3n) is 4.78. The molecule has 2 rings (SSSR count). The Morgan fingerprint density at radius 2 is 1.72 bits per heavy atom. The fraction of sp³-hybridized carbons (Fsp3) is 0.435. The second-order valence-electron chi connectivity index (χ2n) is 7.45. The van der Waals surface area contributed by atoms with E-state index >= 15 is 0 Å². The zero-order valence-corrected chi connectivity index (χ0v) is 17.2. The molecule has 0 aromatic heterocycles. The first-order chi connectivity index (χ1) is 13.8. The van der Waals surface area contributed by atoms with Crippen molar-refractivity contribution < 1.29 is 29.3 Å². The minimum absolute atomic E-state index is 0.00260. The lowest BCUT2D eigenvalue weighted by molar-refractivity contribution is -0.147. The van der Waals surface area contributed by atoms with Crippen molar-refractivity contribution in [3.8, 4) is 11.5 Å². The lowest BCUT2D eigenvalue weighted by atomic mass is 9.85. The van der Waals surface area contributed by atoms with Crippen molar-refractivity contribution in [3.05, 3.63) is 46.6 Å². The van der Waals surface area contributed by atoms with Crippen molar-refractivity contribution in [2.45, 2.75) is 65.4 Å². The predicted octanol–water partition coefficient (Wildman–Crippen LogP) is 4.64. The molecule has 0 spiro atoms. The summed E-state index contributed by atoms with van der Waals surface area (Å²) >= 11 is 0. The monoisotopic (exact) mass is 400 g/mol. The van der Waals surface area contributed by atoms with Gasteiger partial charge in [0.05, 0.1) is 11.1 Å². The van der Waals surface area contributed by atoms with Gasteiger partial charge in [-0.1, -0.05) is 37.8 Å². The number of aromatic hydroxyl groups is 2. The van der Waals surface area contributed by atoms with Gasteiger partial charge in [0, 0.05) is 18.4 Å². The number of Topliss-reactive ketones (excluding diaryl/α,β-unsaturated/α-hetero) is 1. The lowest BCUT2D eigenvalue weighted by Gasteiger charge is -2.23. The molecule has 0 amide bonds. The van der Waals surface area contributed by atoms with E-state index in [0.717, 1.165) is 43.0 Å². The molecule has 0 bridgehead atoms. The number of ether oxygens (including phenoxy) is 1. The van der Waals surface area contributed by atoms with E-state index in [2.05, 4.69) is 6.92 Å². The van der Waals surface area contributed by atoms with Gasteiger partial charge in [-0.25, -0.2) is 0 Å². The van der Waals surface area contributed by atoms with Crippen LogP contribution in [0.25, 0.3) is 0 Å². The minimum Gasteiger partial charge on any atom is -0.507 e. The van der Waals surface area contributed by atoms with Gasteiger partial charge in [-0.05, 0) is 38.5 Å². The van der Waals surface area contributed by atoms with Gasteiger partial charge in [-0.15, -0.1) is 0 Å². The van der Waals surface area contributed by atoms with Crippen LogP contribution in [0.2, 0.25) is 0 Å². The molecule has 0 saturated heterocycles. The number of fused-ring (bicyclic) bond motifs is 1.